The van der Waals surface area contributed by atoms with Crippen LogP contribution in [0, 0.1) is 0 Å². The van der Waals surface area contributed by atoms with Crippen molar-refractivity contribution in [3.05, 3.63) is 27.9 Å². The Balaban J connectivity index is 2.99. The summed E-state index contributed by atoms with van der Waals surface area (Å²) in [7, 11) is 0. The number of hydrogen-bond donors (Lipinski definition) is 0. The van der Waals surface area contributed by atoms with Crippen molar-refractivity contribution >= 4 is 23.2 Å². The number of aromatic nitrogens is 2. The van der Waals surface area contributed by atoms with E-state index >= 15 is 0 Å². The summed E-state index contributed by atoms with van der Waals surface area (Å²) in [5, 5.41) is 0.320. The van der Waals surface area contributed by atoms with Crippen LogP contribution >= 0.6 is 23.2 Å². The Morgan fingerprint density at radius 1 is 1.69 bits per heavy atom. The predicted octanol–water partition coefficient (Wildman–Crippen LogP) is 2.09. The van der Waals surface area contributed by atoms with Crippen LogP contribution in [-0.2, 0) is 0 Å². The Morgan fingerprint density at radius 2 is 2.38 bits per heavy atom. The minimum absolute atomic E-state index is 0.0606. The molecule has 1 heterocycles. The standard InChI is InChI=1S/C8H10Cl2N2O/c1-6(2-3-9)12-5-7(10)11-4-8(12)13/h4-6H,2-3H2,1H3. The molecule has 0 N–H and O–H groups in total. The van der Waals surface area contributed by atoms with Crippen molar-refractivity contribution in [3.8, 4) is 0 Å². The summed E-state index contributed by atoms with van der Waals surface area (Å²) in [5.74, 6) is 0.521. The van der Waals surface area contributed by atoms with E-state index in [0.29, 0.717) is 11.0 Å². The van der Waals surface area contributed by atoms with Crippen molar-refractivity contribution in [3.63, 3.8) is 0 Å². The van der Waals surface area contributed by atoms with E-state index in [1.54, 1.807) is 0 Å². The van der Waals surface area contributed by atoms with Crippen molar-refractivity contribution in [2.45, 2.75) is 19.4 Å². The quantitative estimate of drug-likeness (QED) is 0.732. The fourth-order valence-electron chi connectivity index (χ4n) is 1.04. The maximum absolute atomic E-state index is 11.3. The van der Waals surface area contributed by atoms with Gasteiger partial charge in [-0.25, -0.2) is 4.98 Å². The summed E-state index contributed by atoms with van der Waals surface area (Å²) in [5.41, 5.74) is -0.151. The molecule has 13 heavy (non-hydrogen) atoms. The summed E-state index contributed by atoms with van der Waals surface area (Å²) in [6, 6.07) is 0.0606. The highest BCUT2D eigenvalue weighted by molar-refractivity contribution is 6.29. The van der Waals surface area contributed by atoms with Gasteiger partial charge in [0.15, 0.2) is 0 Å². The van der Waals surface area contributed by atoms with Crippen molar-refractivity contribution in [2.24, 2.45) is 0 Å². The van der Waals surface area contributed by atoms with Crippen molar-refractivity contribution in [2.75, 3.05) is 5.88 Å². The molecule has 1 rings (SSSR count). The van der Waals surface area contributed by atoms with Gasteiger partial charge in [0.1, 0.15) is 5.15 Å². The predicted molar refractivity (Wildman–Crippen MR) is 53.6 cm³/mol. The molecule has 1 aromatic heterocycles. The van der Waals surface area contributed by atoms with E-state index < -0.39 is 0 Å². The van der Waals surface area contributed by atoms with Gasteiger partial charge in [0.05, 0.1) is 6.20 Å². The van der Waals surface area contributed by atoms with Gasteiger partial charge in [0.2, 0.25) is 0 Å². The zero-order chi connectivity index (χ0) is 9.84. The molecule has 0 radical (unpaired) electrons. The highest BCUT2D eigenvalue weighted by Gasteiger charge is 2.06. The number of alkyl halides is 1. The molecule has 3 nitrogen and oxygen atoms in total. The molecule has 0 spiro atoms. The SMILES string of the molecule is CC(CCCl)n1cc(Cl)ncc1=O. The van der Waals surface area contributed by atoms with Gasteiger partial charge < -0.3 is 4.57 Å². The highest BCUT2D eigenvalue weighted by Crippen LogP contribution is 2.10. The molecule has 0 aromatic carbocycles. The summed E-state index contributed by atoms with van der Waals surface area (Å²) < 4.78 is 1.54. The van der Waals surface area contributed by atoms with E-state index in [-0.39, 0.29) is 11.6 Å². The van der Waals surface area contributed by atoms with Crippen LogP contribution < -0.4 is 5.56 Å². The van der Waals surface area contributed by atoms with E-state index in [1.165, 1.54) is 17.0 Å². The Hall–Kier alpha value is -0.540. The molecule has 0 aliphatic rings. The smallest absolute Gasteiger partial charge is 0.269 e. The fourth-order valence-corrected chi connectivity index (χ4v) is 1.51. The molecule has 1 atom stereocenters. The van der Waals surface area contributed by atoms with Gasteiger partial charge in [-0.15, -0.1) is 11.6 Å². The monoisotopic (exact) mass is 220 g/mol. The number of halogens is 2. The minimum atomic E-state index is -0.151. The average molecular weight is 221 g/mol. The lowest BCUT2D eigenvalue weighted by molar-refractivity contribution is 0.514. The third kappa shape index (κ3) is 2.71. The normalized spacial score (nSPS) is 12.8. The van der Waals surface area contributed by atoms with Crippen molar-refractivity contribution in [1.29, 1.82) is 0 Å². The third-order valence-corrected chi connectivity index (χ3v) is 2.21. The maximum atomic E-state index is 11.3. The summed E-state index contributed by atoms with van der Waals surface area (Å²) >= 11 is 11.2. The van der Waals surface area contributed by atoms with E-state index in [1.807, 2.05) is 6.92 Å². The second-order valence-corrected chi connectivity index (χ2v) is 3.55. The number of nitrogens with zero attached hydrogens (tertiary/aromatic N) is 2. The van der Waals surface area contributed by atoms with Gasteiger partial charge in [0, 0.05) is 18.1 Å². The van der Waals surface area contributed by atoms with Gasteiger partial charge in [-0.05, 0) is 13.3 Å². The van der Waals surface area contributed by atoms with Crippen LogP contribution in [0.4, 0.5) is 0 Å². The van der Waals surface area contributed by atoms with Gasteiger partial charge in [-0.3, -0.25) is 4.79 Å². The lowest BCUT2D eigenvalue weighted by Gasteiger charge is -2.12. The summed E-state index contributed by atoms with van der Waals surface area (Å²) in [4.78, 5) is 15.0. The first-order valence-corrected chi connectivity index (χ1v) is 4.86. The van der Waals surface area contributed by atoms with Crippen LogP contribution in [0.2, 0.25) is 5.15 Å². The lowest BCUT2D eigenvalue weighted by Crippen LogP contribution is -2.22. The largest absolute Gasteiger partial charge is 0.308 e. The highest BCUT2D eigenvalue weighted by atomic mass is 35.5. The molecule has 0 aliphatic heterocycles. The van der Waals surface area contributed by atoms with Crippen LogP contribution in [0.5, 0.6) is 0 Å². The Labute approximate surface area is 86.3 Å². The first kappa shape index (κ1) is 10.5. The van der Waals surface area contributed by atoms with E-state index in [2.05, 4.69) is 4.98 Å². The molecular formula is C8H10Cl2N2O. The molecule has 0 bridgehead atoms. The first-order chi connectivity index (χ1) is 6.15. The third-order valence-electron chi connectivity index (χ3n) is 1.80. The Kier molecular flexibility index (Phi) is 3.75. The van der Waals surface area contributed by atoms with E-state index in [9.17, 15) is 4.79 Å². The molecule has 0 fully saturated rings. The van der Waals surface area contributed by atoms with Gasteiger partial charge in [0.25, 0.3) is 5.56 Å². The molecule has 1 unspecified atom stereocenters. The zero-order valence-electron chi connectivity index (χ0n) is 7.20. The zero-order valence-corrected chi connectivity index (χ0v) is 8.72. The fraction of sp³-hybridized carbons (Fsp3) is 0.500. The van der Waals surface area contributed by atoms with Crippen molar-refractivity contribution in [1.82, 2.24) is 9.55 Å². The minimum Gasteiger partial charge on any atom is -0.308 e. The maximum Gasteiger partial charge on any atom is 0.269 e. The molecule has 1 aromatic rings. The van der Waals surface area contributed by atoms with Crippen LogP contribution in [0.1, 0.15) is 19.4 Å². The average Bonchev–Trinajstić information content (AvgIpc) is 2.09. The number of rotatable bonds is 3. The molecule has 0 aliphatic carbocycles. The molecule has 0 saturated heterocycles. The number of hydrogen-bond acceptors (Lipinski definition) is 2. The summed E-state index contributed by atoms with van der Waals surface area (Å²) in [6.45, 7) is 1.92. The van der Waals surface area contributed by atoms with Gasteiger partial charge in [-0.2, -0.15) is 0 Å². The molecule has 0 amide bonds. The van der Waals surface area contributed by atoms with Gasteiger partial charge in [-0.1, -0.05) is 11.6 Å². The van der Waals surface area contributed by atoms with Crippen LogP contribution in [0.15, 0.2) is 17.2 Å². The second kappa shape index (κ2) is 4.63. The van der Waals surface area contributed by atoms with Crippen LogP contribution in [0.25, 0.3) is 0 Å². The van der Waals surface area contributed by atoms with Gasteiger partial charge >= 0.3 is 0 Å². The van der Waals surface area contributed by atoms with Crippen molar-refractivity contribution < 1.29 is 0 Å². The molecule has 0 saturated carbocycles. The second-order valence-electron chi connectivity index (χ2n) is 2.78. The Morgan fingerprint density at radius 3 is 3.00 bits per heavy atom. The molecular weight excluding hydrogens is 211 g/mol. The molecule has 72 valence electrons. The Bertz CT molecular complexity index is 337. The van der Waals surface area contributed by atoms with Crippen LogP contribution in [-0.4, -0.2) is 15.4 Å². The summed E-state index contributed by atoms with van der Waals surface area (Å²) in [6.07, 6.45) is 3.48. The topological polar surface area (TPSA) is 34.9 Å². The first-order valence-electron chi connectivity index (χ1n) is 3.95. The lowest BCUT2D eigenvalue weighted by atomic mass is 10.2. The van der Waals surface area contributed by atoms with E-state index in [4.69, 9.17) is 23.2 Å². The van der Waals surface area contributed by atoms with Crippen LogP contribution in [0.3, 0.4) is 0 Å². The molecule has 5 heteroatoms. The van der Waals surface area contributed by atoms with E-state index in [0.717, 1.165) is 6.42 Å².